The molecule has 0 radical (unpaired) electrons. The molecule has 41 heavy (non-hydrogen) atoms. The summed E-state index contributed by atoms with van der Waals surface area (Å²) in [5, 5.41) is 3.63. The van der Waals surface area contributed by atoms with E-state index in [-0.39, 0.29) is 13.6 Å². The van der Waals surface area contributed by atoms with E-state index in [0.29, 0.717) is 6.04 Å². The van der Waals surface area contributed by atoms with E-state index in [2.05, 4.69) is 83.6 Å². The molecule has 6 heteroatoms. The summed E-state index contributed by atoms with van der Waals surface area (Å²) in [6, 6.07) is 22.3. The third-order valence-electron chi connectivity index (χ3n) is 7.83. The summed E-state index contributed by atoms with van der Waals surface area (Å²) in [5.74, 6) is 0. The number of carbonyl (C=O) groups excluding carboxylic acids is 1. The zero-order valence-corrected chi connectivity index (χ0v) is 26.5. The van der Waals surface area contributed by atoms with Crippen LogP contribution in [-0.4, -0.2) is 77.7 Å². The second-order valence-electron chi connectivity index (χ2n) is 12.7. The maximum Gasteiger partial charge on any atom is 0.410 e. The van der Waals surface area contributed by atoms with Crippen LogP contribution in [0.1, 0.15) is 85.7 Å². The molecule has 1 amide bonds. The molecule has 2 fully saturated rings. The molecule has 0 spiro atoms. The second kappa shape index (κ2) is 17.5. The number of ether oxygens (including phenoxy) is 1. The van der Waals surface area contributed by atoms with Crippen molar-refractivity contribution in [2.24, 2.45) is 0 Å². The van der Waals surface area contributed by atoms with Gasteiger partial charge in [-0.2, -0.15) is 0 Å². The maximum absolute atomic E-state index is 12.5. The highest BCUT2D eigenvalue weighted by molar-refractivity contribution is 5.68. The van der Waals surface area contributed by atoms with Crippen molar-refractivity contribution in [3.05, 3.63) is 71.8 Å². The fourth-order valence-corrected chi connectivity index (χ4v) is 5.68. The van der Waals surface area contributed by atoms with Gasteiger partial charge in [0.1, 0.15) is 5.60 Å². The Morgan fingerprint density at radius 3 is 1.95 bits per heavy atom. The summed E-state index contributed by atoms with van der Waals surface area (Å²) < 4.78 is 5.61. The average Bonchev–Trinajstić information content (AvgIpc) is 2.96. The largest absolute Gasteiger partial charge is 0.444 e. The summed E-state index contributed by atoms with van der Waals surface area (Å²) in [6.45, 7) is 18.4. The number of piperazine rings is 2. The number of amides is 1. The Morgan fingerprint density at radius 2 is 1.39 bits per heavy atom. The number of nitrogens with zero attached hydrogens (tertiary/aromatic N) is 3. The molecule has 0 unspecified atom stereocenters. The topological polar surface area (TPSA) is 48.0 Å². The number of hydrogen-bond acceptors (Lipinski definition) is 5. The molecule has 6 nitrogen and oxygen atoms in total. The number of carbonyl (C=O) groups is 1. The van der Waals surface area contributed by atoms with Gasteiger partial charge < -0.3 is 15.0 Å². The summed E-state index contributed by atoms with van der Waals surface area (Å²) in [6.07, 6.45) is 7.14. The highest BCUT2D eigenvalue weighted by atomic mass is 16.6. The van der Waals surface area contributed by atoms with Crippen molar-refractivity contribution in [2.45, 2.75) is 104 Å². The molecule has 2 aliphatic rings. The van der Waals surface area contributed by atoms with E-state index < -0.39 is 5.60 Å². The van der Waals surface area contributed by atoms with Crippen LogP contribution >= 0.6 is 0 Å². The van der Waals surface area contributed by atoms with Crippen LogP contribution in [0.15, 0.2) is 60.7 Å². The molecule has 4 rings (SSSR count). The molecule has 2 aromatic carbocycles. The Hall–Kier alpha value is -2.41. The average molecular weight is 567 g/mol. The Bertz CT molecular complexity index is 985. The molecule has 0 aromatic heterocycles. The van der Waals surface area contributed by atoms with Crippen molar-refractivity contribution in [2.75, 3.05) is 39.3 Å². The number of nitrogens with one attached hydrogen (secondary N) is 1. The van der Waals surface area contributed by atoms with Crippen LogP contribution in [0.5, 0.6) is 0 Å². The molecule has 2 heterocycles. The van der Waals surface area contributed by atoms with Gasteiger partial charge in [-0.1, -0.05) is 100 Å². The molecule has 230 valence electrons. The van der Waals surface area contributed by atoms with Gasteiger partial charge in [-0.25, -0.2) is 4.79 Å². The van der Waals surface area contributed by atoms with Crippen LogP contribution in [0.25, 0.3) is 0 Å². The number of rotatable bonds is 10. The van der Waals surface area contributed by atoms with Gasteiger partial charge in [0, 0.05) is 65.9 Å². The van der Waals surface area contributed by atoms with Crippen molar-refractivity contribution < 1.29 is 11.0 Å². The Labute approximate surface area is 251 Å². The third-order valence-corrected chi connectivity index (χ3v) is 7.83. The SMILES string of the molecule is CCCC[C@H]1CN(Cc2ccccc2)CCN1.CCCC[C@H]1CN(Cc2ccccc2)CCN1C(=O)OC(C)(C)C.[HH]. The first kappa shape index (κ1) is 33.1. The lowest BCUT2D eigenvalue weighted by atomic mass is 10.0. The Kier molecular flexibility index (Phi) is 14.1. The first-order chi connectivity index (χ1) is 19.8. The van der Waals surface area contributed by atoms with E-state index in [0.717, 1.165) is 58.5 Å². The summed E-state index contributed by atoms with van der Waals surface area (Å²) in [5.41, 5.74) is 2.33. The summed E-state index contributed by atoms with van der Waals surface area (Å²) in [4.78, 5) is 19.5. The van der Waals surface area contributed by atoms with E-state index in [1.807, 2.05) is 31.7 Å². The molecular weight excluding hydrogens is 508 g/mol. The van der Waals surface area contributed by atoms with Gasteiger partial charge in [0.05, 0.1) is 0 Å². The maximum atomic E-state index is 12.5. The van der Waals surface area contributed by atoms with Crippen molar-refractivity contribution in [3.63, 3.8) is 0 Å². The standard InChI is InChI=1S/C20H32N2O2.C15H24N2.H2/c1-5-6-12-18-16-21(15-17-10-8-7-9-11-17)13-14-22(18)19(23)24-20(2,3)4;1-2-3-9-15-13-17(11-10-16-15)12-14-7-5-4-6-8-14;/h7-11,18H,5-6,12-16H2,1-4H3;4-8,15-16H,2-3,9-13H2,1H3;1H/t18-;15-;/m00./s1. The van der Waals surface area contributed by atoms with Crippen LogP contribution in [0.3, 0.4) is 0 Å². The van der Waals surface area contributed by atoms with Gasteiger partial charge >= 0.3 is 6.09 Å². The summed E-state index contributed by atoms with van der Waals surface area (Å²) in [7, 11) is 0. The van der Waals surface area contributed by atoms with E-state index in [4.69, 9.17) is 4.74 Å². The van der Waals surface area contributed by atoms with Crippen molar-refractivity contribution in [1.29, 1.82) is 0 Å². The quantitative estimate of drug-likeness (QED) is 0.330. The van der Waals surface area contributed by atoms with Crippen LogP contribution < -0.4 is 5.32 Å². The monoisotopic (exact) mass is 566 g/mol. The van der Waals surface area contributed by atoms with E-state index in [1.54, 1.807) is 0 Å². The molecule has 2 atom stereocenters. The predicted molar refractivity (Wildman–Crippen MR) is 173 cm³/mol. The van der Waals surface area contributed by atoms with Crippen molar-refractivity contribution >= 4 is 6.09 Å². The molecule has 0 aliphatic carbocycles. The molecule has 2 aliphatic heterocycles. The van der Waals surface area contributed by atoms with Crippen molar-refractivity contribution in [3.8, 4) is 0 Å². The minimum absolute atomic E-state index is 0. The first-order valence-electron chi connectivity index (χ1n) is 16.0. The fourth-order valence-electron chi connectivity index (χ4n) is 5.68. The van der Waals surface area contributed by atoms with Gasteiger partial charge in [-0.3, -0.25) is 9.80 Å². The van der Waals surface area contributed by atoms with Crippen LogP contribution in [0.4, 0.5) is 4.79 Å². The Morgan fingerprint density at radius 1 is 0.829 bits per heavy atom. The number of hydrogen-bond donors (Lipinski definition) is 1. The highest BCUT2D eigenvalue weighted by Crippen LogP contribution is 2.21. The molecule has 0 bridgehead atoms. The van der Waals surface area contributed by atoms with Crippen molar-refractivity contribution in [1.82, 2.24) is 20.0 Å². The third kappa shape index (κ3) is 12.6. The smallest absolute Gasteiger partial charge is 0.410 e. The first-order valence-corrected chi connectivity index (χ1v) is 16.0. The van der Waals surface area contributed by atoms with Gasteiger partial charge in [0.15, 0.2) is 0 Å². The minimum Gasteiger partial charge on any atom is -0.444 e. The van der Waals surface area contributed by atoms with Crippen LogP contribution in [-0.2, 0) is 17.8 Å². The van der Waals surface area contributed by atoms with Crippen LogP contribution in [0.2, 0.25) is 0 Å². The fraction of sp³-hybridized carbons (Fsp3) is 0.629. The zero-order chi connectivity index (χ0) is 29.5. The lowest BCUT2D eigenvalue weighted by Gasteiger charge is -2.42. The Balaban J connectivity index is 0.000000302. The molecule has 2 saturated heterocycles. The number of benzene rings is 2. The zero-order valence-electron chi connectivity index (χ0n) is 26.5. The molecular formula is C35H58N4O2. The van der Waals surface area contributed by atoms with Gasteiger partial charge in [-0.15, -0.1) is 0 Å². The van der Waals surface area contributed by atoms with E-state index in [1.165, 1.54) is 43.5 Å². The van der Waals surface area contributed by atoms with Gasteiger partial charge in [0.25, 0.3) is 0 Å². The lowest BCUT2D eigenvalue weighted by molar-refractivity contribution is -0.00409. The highest BCUT2D eigenvalue weighted by Gasteiger charge is 2.32. The lowest BCUT2D eigenvalue weighted by Crippen LogP contribution is -2.55. The predicted octanol–water partition coefficient (Wildman–Crippen LogP) is 7.19. The molecule has 0 saturated carbocycles. The van der Waals surface area contributed by atoms with Crippen LogP contribution in [0, 0.1) is 0 Å². The normalized spacial score (nSPS) is 20.3. The van der Waals surface area contributed by atoms with Gasteiger partial charge in [-0.05, 0) is 44.7 Å². The molecule has 1 N–H and O–H groups in total. The van der Waals surface area contributed by atoms with E-state index >= 15 is 0 Å². The number of unbranched alkanes of at least 4 members (excludes halogenated alkanes) is 2. The second-order valence-corrected chi connectivity index (χ2v) is 12.7. The van der Waals surface area contributed by atoms with E-state index in [9.17, 15) is 4.79 Å². The minimum atomic E-state index is -0.437. The summed E-state index contributed by atoms with van der Waals surface area (Å²) >= 11 is 0. The molecule has 2 aromatic rings. The van der Waals surface area contributed by atoms with Gasteiger partial charge in [0.2, 0.25) is 0 Å².